The third-order valence-electron chi connectivity index (χ3n) is 2.75. The van der Waals surface area contributed by atoms with E-state index in [1.54, 1.807) is 0 Å². The van der Waals surface area contributed by atoms with Gasteiger partial charge in [0.05, 0.1) is 0 Å². The van der Waals surface area contributed by atoms with Gasteiger partial charge in [-0.1, -0.05) is 38.0 Å². The lowest BCUT2D eigenvalue weighted by Gasteiger charge is -2.20. The van der Waals surface area contributed by atoms with Crippen LogP contribution in [0, 0.1) is 5.92 Å². The van der Waals surface area contributed by atoms with Crippen LogP contribution in [0.3, 0.4) is 0 Å². The lowest BCUT2D eigenvalue weighted by molar-refractivity contribution is 0.429. The van der Waals surface area contributed by atoms with Gasteiger partial charge < -0.3 is 0 Å². The molecule has 1 rings (SSSR count). The smallest absolute Gasteiger partial charge is 0.103 e. The minimum Gasteiger partial charge on any atom is -0.103 e. The maximum atomic E-state index is 3.74. The molecule has 0 amide bonds. The standard InChI is InChI=1S/C10H19B/c1-2-3-4-5-10-6-8-11-9-7-10/h2,10-11H,1,3-9H2. The van der Waals surface area contributed by atoms with Crippen LogP contribution in [-0.2, 0) is 0 Å². The maximum Gasteiger partial charge on any atom is 0.120 e. The van der Waals surface area contributed by atoms with Gasteiger partial charge in [-0.15, -0.1) is 6.58 Å². The van der Waals surface area contributed by atoms with Crippen molar-refractivity contribution in [3.63, 3.8) is 0 Å². The Morgan fingerprint density at radius 3 is 2.73 bits per heavy atom. The van der Waals surface area contributed by atoms with Crippen LogP contribution in [-0.4, -0.2) is 7.28 Å². The van der Waals surface area contributed by atoms with Gasteiger partial charge in [0, 0.05) is 0 Å². The molecule has 0 radical (unpaired) electrons. The van der Waals surface area contributed by atoms with Gasteiger partial charge in [0.1, 0.15) is 7.28 Å². The molecule has 1 heterocycles. The van der Waals surface area contributed by atoms with Crippen LogP contribution in [0.4, 0.5) is 0 Å². The fourth-order valence-electron chi connectivity index (χ4n) is 2.03. The molecule has 0 aromatic carbocycles. The minimum atomic E-state index is 1.06. The van der Waals surface area contributed by atoms with Gasteiger partial charge in [-0.2, -0.15) is 0 Å². The summed E-state index contributed by atoms with van der Waals surface area (Å²) in [6.07, 6.45) is 12.0. The molecule has 0 atom stereocenters. The molecule has 0 saturated carbocycles. The van der Waals surface area contributed by atoms with Crippen LogP contribution >= 0.6 is 0 Å². The molecule has 0 aromatic rings. The molecule has 1 fully saturated rings. The lowest BCUT2D eigenvalue weighted by atomic mass is 9.61. The van der Waals surface area contributed by atoms with E-state index in [1.807, 2.05) is 6.08 Å². The van der Waals surface area contributed by atoms with E-state index in [-0.39, 0.29) is 0 Å². The molecule has 1 heteroatoms. The van der Waals surface area contributed by atoms with E-state index in [0.29, 0.717) is 0 Å². The summed E-state index contributed by atoms with van der Waals surface area (Å²) < 4.78 is 0. The van der Waals surface area contributed by atoms with Crippen molar-refractivity contribution in [1.29, 1.82) is 0 Å². The molecular formula is C10H19B. The summed E-state index contributed by atoms with van der Waals surface area (Å²) >= 11 is 0. The average molecular weight is 150 g/mol. The Hall–Kier alpha value is -0.195. The van der Waals surface area contributed by atoms with Gasteiger partial charge in [-0.3, -0.25) is 0 Å². The number of allylic oxidation sites excluding steroid dienone is 1. The molecule has 0 N–H and O–H groups in total. The summed E-state index contributed by atoms with van der Waals surface area (Å²) in [6, 6.07) is 0. The van der Waals surface area contributed by atoms with Gasteiger partial charge in [-0.25, -0.2) is 0 Å². The number of unbranched alkanes of at least 4 members (excludes halogenated alkanes) is 1. The lowest BCUT2D eigenvalue weighted by Crippen LogP contribution is -2.09. The Kier molecular flexibility index (Phi) is 4.41. The Morgan fingerprint density at radius 1 is 1.36 bits per heavy atom. The molecule has 1 saturated heterocycles. The van der Waals surface area contributed by atoms with Crippen molar-refractivity contribution < 1.29 is 0 Å². The summed E-state index contributed by atoms with van der Waals surface area (Å²) in [7, 11) is 1.48. The van der Waals surface area contributed by atoms with Crippen LogP contribution in [0.15, 0.2) is 12.7 Å². The summed E-state index contributed by atoms with van der Waals surface area (Å²) in [5.74, 6) is 1.06. The normalized spacial score (nSPS) is 19.3. The monoisotopic (exact) mass is 150 g/mol. The predicted octanol–water partition coefficient (Wildman–Crippen LogP) is 3.03. The van der Waals surface area contributed by atoms with Crippen molar-refractivity contribution >= 4 is 7.28 Å². The molecule has 0 spiro atoms. The Balaban J connectivity index is 2.00. The van der Waals surface area contributed by atoms with Gasteiger partial charge in [-0.05, 0) is 18.8 Å². The Labute approximate surface area is 71.3 Å². The van der Waals surface area contributed by atoms with Gasteiger partial charge in [0.15, 0.2) is 0 Å². The van der Waals surface area contributed by atoms with Gasteiger partial charge in [0.25, 0.3) is 0 Å². The molecule has 62 valence electrons. The van der Waals surface area contributed by atoms with Gasteiger partial charge >= 0.3 is 0 Å². The van der Waals surface area contributed by atoms with Crippen molar-refractivity contribution in [3.05, 3.63) is 12.7 Å². The van der Waals surface area contributed by atoms with Crippen LogP contribution in [0.5, 0.6) is 0 Å². The van der Waals surface area contributed by atoms with Crippen molar-refractivity contribution in [2.45, 2.75) is 44.7 Å². The topological polar surface area (TPSA) is 0 Å². The summed E-state index contributed by atoms with van der Waals surface area (Å²) in [4.78, 5) is 0. The van der Waals surface area contributed by atoms with Crippen LogP contribution in [0.1, 0.15) is 32.1 Å². The van der Waals surface area contributed by atoms with E-state index in [0.717, 1.165) is 5.92 Å². The first kappa shape index (κ1) is 8.90. The van der Waals surface area contributed by atoms with E-state index in [1.165, 1.54) is 52.0 Å². The van der Waals surface area contributed by atoms with Crippen LogP contribution < -0.4 is 0 Å². The zero-order valence-corrected chi connectivity index (χ0v) is 7.52. The van der Waals surface area contributed by atoms with Crippen molar-refractivity contribution in [1.82, 2.24) is 0 Å². The second-order valence-corrected chi connectivity index (χ2v) is 3.72. The highest BCUT2D eigenvalue weighted by molar-refractivity contribution is 6.35. The maximum absolute atomic E-state index is 3.74. The quantitative estimate of drug-likeness (QED) is 0.328. The highest BCUT2D eigenvalue weighted by Gasteiger charge is 2.12. The minimum absolute atomic E-state index is 1.06. The average Bonchev–Trinajstić information content (AvgIpc) is 2.07. The summed E-state index contributed by atoms with van der Waals surface area (Å²) in [5.41, 5.74) is 0. The third-order valence-corrected chi connectivity index (χ3v) is 2.75. The molecule has 0 aliphatic carbocycles. The van der Waals surface area contributed by atoms with E-state index >= 15 is 0 Å². The predicted molar refractivity (Wildman–Crippen MR) is 53.5 cm³/mol. The van der Waals surface area contributed by atoms with E-state index in [9.17, 15) is 0 Å². The molecule has 0 bridgehead atoms. The zero-order valence-electron chi connectivity index (χ0n) is 7.52. The largest absolute Gasteiger partial charge is 0.120 e. The molecule has 1 aliphatic rings. The van der Waals surface area contributed by atoms with Crippen molar-refractivity contribution in [2.75, 3.05) is 0 Å². The van der Waals surface area contributed by atoms with Crippen LogP contribution in [0.2, 0.25) is 12.6 Å². The second-order valence-electron chi connectivity index (χ2n) is 3.72. The van der Waals surface area contributed by atoms with Crippen molar-refractivity contribution in [3.8, 4) is 0 Å². The first-order valence-corrected chi connectivity index (χ1v) is 5.04. The van der Waals surface area contributed by atoms with E-state index in [2.05, 4.69) is 6.58 Å². The molecule has 0 unspecified atom stereocenters. The highest BCUT2D eigenvalue weighted by Crippen LogP contribution is 2.25. The number of hydrogen-bond acceptors (Lipinski definition) is 0. The van der Waals surface area contributed by atoms with E-state index in [4.69, 9.17) is 0 Å². The molecule has 11 heavy (non-hydrogen) atoms. The fraction of sp³-hybridized carbons (Fsp3) is 0.800. The molecular weight excluding hydrogens is 131 g/mol. The molecule has 0 nitrogen and oxygen atoms in total. The summed E-state index contributed by atoms with van der Waals surface area (Å²) in [5, 5.41) is 0. The number of rotatable bonds is 4. The fourth-order valence-corrected chi connectivity index (χ4v) is 2.03. The summed E-state index contributed by atoms with van der Waals surface area (Å²) in [6.45, 7) is 3.74. The van der Waals surface area contributed by atoms with Crippen molar-refractivity contribution in [2.24, 2.45) is 5.92 Å². The SMILES string of the molecule is C=CCCCC1CCBCC1. The van der Waals surface area contributed by atoms with E-state index < -0.39 is 0 Å². The Morgan fingerprint density at radius 2 is 2.09 bits per heavy atom. The highest BCUT2D eigenvalue weighted by atomic mass is 14.1. The third kappa shape index (κ3) is 3.64. The van der Waals surface area contributed by atoms with Gasteiger partial charge in [0.2, 0.25) is 0 Å². The first-order chi connectivity index (χ1) is 5.43. The van der Waals surface area contributed by atoms with Crippen LogP contribution in [0.25, 0.3) is 0 Å². The zero-order chi connectivity index (χ0) is 7.94. The first-order valence-electron chi connectivity index (χ1n) is 5.04. The molecule has 1 aliphatic heterocycles. The second kappa shape index (κ2) is 5.45. The Bertz CT molecular complexity index is 103. The molecule has 0 aromatic heterocycles. The number of hydrogen-bond donors (Lipinski definition) is 0.